The summed E-state index contributed by atoms with van der Waals surface area (Å²) in [6.07, 6.45) is 2.10. The fraction of sp³-hybridized carbons (Fsp3) is 0.0625. The molecule has 0 saturated heterocycles. The number of nitrogens with zero attached hydrogens (tertiary/aromatic N) is 2. The summed E-state index contributed by atoms with van der Waals surface area (Å²) in [6.45, 7) is 0. The third-order valence-corrected chi connectivity index (χ3v) is 4.46. The van der Waals surface area contributed by atoms with E-state index in [0.717, 1.165) is 21.9 Å². The van der Waals surface area contributed by atoms with E-state index >= 15 is 0 Å². The minimum Gasteiger partial charge on any atom is -0.349 e. The molecule has 0 atom stereocenters. The van der Waals surface area contributed by atoms with E-state index in [4.69, 9.17) is 0 Å². The van der Waals surface area contributed by atoms with Crippen LogP contribution >= 0.6 is 11.8 Å². The molecule has 0 bridgehead atoms. The van der Waals surface area contributed by atoms with E-state index in [2.05, 4.69) is 52.3 Å². The van der Waals surface area contributed by atoms with Gasteiger partial charge in [-0.25, -0.2) is 4.98 Å². The summed E-state index contributed by atoms with van der Waals surface area (Å²) in [5.41, 5.74) is 3.35. The van der Waals surface area contributed by atoms with Gasteiger partial charge in [0, 0.05) is 18.0 Å². The first-order valence-electron chi connectivity index (χ1n) is 6.48. The van der Waals surface area contributed by atoms with Crippen LogP contribution < -0.4 is 5.32 Å². The number of thioether (sulfide) groups is 1. The number of benzene rings is 2. The predicted molar refractivity (Wildman–Crippen MR) is 84.6 cm³/mol. The molecule has 20 heavy (non-hydrogen) atoms. The first-order valence-corrected chi connectivity index (χ1v) is 7.30. The first-order chi connectivity index (χ1) is 9.81. The van der Waals surface area contributed by atoms with E-state index < -0.39 is 0 Å². The molecule has 2 heterocycles. The standard InChI is InChI=1S/C16H13N3S/c1-19-13-8-4-2-6-11(13)17-15(19)10-16-18-12-7-3-5-9-14(12)20-16/h2-10,18H,1H3. The third-order valence-electron chi connectivity index (χ3n) is 3.45. The topological polar surface area (TPSA) is 29.9 Å². The number of hydrogen-bond acceptors (Lipinski definition) is 3. The van der Waals surface area contributed by atoms with Crippen LogP contribution in [-0.2, 0) is 7.05 Å². The highest BCUT2D eigenvalue weighted by Crippen LogP contribution is 2.41. The predicted octanol–water partition coefficient (Wildman–Crippen LogP) is 4.09. The van der Waals surface area contributed by atoms with Gasteiger partial charge in [0.15, 0.2) is 0 Å². The summed E-state index contributed by atoms with van der Waals surface area (Å²) in [7, 11) is 2.05. The Labute approximate surface area is 121 Å². The summed E-state index contributed by atoms with van der Waals surface area (Å²) in [6, 6.07) is 16.5. The summed E-state index contributed by atoms with van der Waals surface area (Å²) < 4.78 is 2.12. The molecule has 1 aliphatic rings. The van der Waals surface area contributed by atoms with Crippen LogP contribution in [0.25, 0.3) is 17.1 Å². The highest BCUT2D eigenvalue weighted by Gasteiger charge is 2.15. The van der Waals surface area contributed by atoms with Gasteiger partial charge in [0.25, 0.3) is 0 Å². The Bertz CT molecular complexity index is 806. The average molecular weight is 279 g/mol. The van der Waals surface area contributed by atoms with Crippen molar-refractivity contribution >= 4 is 34.6 Å². The van der Waals surface area contributed by atoms with Gasteiger partial charge in [-0.2, -0.15) is 0 Å². The molecule has 1 aliphatic heterocycles. The number of hydrogen-bond donors (Lipinski definition) is 1. The molecule has 0 amide bonds. The molecule has 0 unspecified atom stereocenters. The van der Waals surface area contributed by atoms with E-state index in [1.54, 1.807) is 11.8 Å². The molecule has 2 aromatic carbocycles. The number of nitrogens with one attached hydrogen (secondary N) is 1. The van der Waals surface area contributed by atoms with Crippen molar-refractivity contribution in [1.29, 1.82) is 0 Å². The van der Waals surface area contributed by atoms with Gasteiger partial charge in [-0.05, 0) is 24.3 Å². The van der Waals surface area contributed by atoms with Crippen LogP contribution in [0.5, 0.6) is 0 Å². The SMILES string of the molecule is Cn1c(C=C2Nc3ccccc3S2)nc2ccccc21. The normalized spacial score (nSPS) is 15.6. The number of aromatic nitrogens is 2. The summed E-state index contributed by atoms with van der Waals surface area (Å²) >= 11 is 1.75. The second-order valence-electron chi connectivity index (χ2n) is 4.75. The van der Waals surface area contributed by atoms with Crippen LogP contribution in [0.1, 0.15) is 5.82 Å². The maximum atomic E-state index is 4.67. The third kappa shape index (κ3) is 1.80. The van der Waals surface area contributed by atoms with Crippen LogP contribution in [0, 0.1) is 0 Å². The molecule has 98 valence electrons. The highest BCUT2D eigenvalue weighted by molar-refractivity contribution is 8.03. The van der Waals surface area contributed by atoms with E-state index in [1.807, 2.05) is 24.3 Å². The minimum absolute atomic E-state index is 0.967. The Morgan fingerprint density at radius 1 is 1.10 bits per heavy atom. The van der Waals surface area contributed by atoms with Crippen LogP contribution in [0.3, 0.4) is 0 Å². The van der Waals surface area contributed by atoms with Gasteiger partial charge in [0.2, 0.25) is 0 Å². The number of fused-ring (bicyclic) bond motifs is 2. The zero-order valence-corrected chi connectivity index (χ0v) is 11.8. The van der Waals surface area contributed by atoms with Crippen molar-refractivity contribution in [2.75, 3.05) is 5.32 Å². The molecule has 0 spiro atoms. The van der Waals surface area contributed by atoms with Crippen LogP contribution in [0.15, 0.2) is 58.5 Å². The quantitative estimate of drug-likeness (QED) is 0.727. The van der Waals surface area contributed by atoms with Gasteiger partial charge in [-0.3, -0.25) is 0 Å². The van der Waals surface area contributed by atoms with Gasteiger partial charge in [0.05, 0.1) is 21.7 Å². The fourth-order valence-electron chi connectivity index (χ4n) is 2.41. The summed E-state index contributed by atoms with van der Waals surface area (Å²) in [4.78, 5) is 5.93. The smallest absolute Gasteiger partial charge is 0.136 e. The lowest BCUT2D eigenvalue weighted by atomic mass is 10.3. The van der Waals surface area contributed by atoms with Crippen molar-refractivity contribution in [3.8, 4) is 0 Å². The Morgan fingerprint density at radius 2 is 1.90 bits per heavy atom. The highest BCUT2D eigenvalue weighted by atomic mass is 32.2. The summed E-state index contributed by atoms with van der Waals surface area (Å²) in [5.74, 6) is 0.967. The molecular weight excluding hydrogens is 266 g/mol. The number of imidazole rings is 1. The monoisotopic (exact) mass is 279 g/mol. The Hall–Kier alpha value is -2.20. The van der Waals surface area contributed by atoms with Gasteiger partial charge in [0.1, 0.15) is 5.82 Å². The molecule has 4 heteroatoms. The van der Waals surface area contributed by atoms with Crippen LogP contribution in [0.4, 0.5) is 5.69 Å². The van der Waals surface area contributed by atoms with E-state index in [-0.39, 0.29) is 0 Å². The zero-order chi connectivity index (χ0) is 13.5. The second kappa shape index (κ2) is 4.42. The Kier molecular flexibility index (Phi) is 2.57. The van der Waals surface area contributed by atoms with E-state index in [9.17, 15) is 0 Å². The van der Waals surface area contributed by atoms with Crippen molar-refractivity contribution in [3.05, 3.63) is 59.4 Å². The van der Waals surface area contributed by atoms with Crippen molar-refractivity contribution < 1.29 is 0 Å². The molecule has 0 aliphatic carbocycles. The van der Waals surface area contributed by atoms with Gasteiger partial charge in [-0.15, -0.1) is 0 Å². The fourth-order valence-corrected chi connectivity index (χ4v) is 3.35. The number of para-hydroxylation sites is 3. The number of anilines is 1. The van der Waals surface area contributed by atoms with Crippen molar-refractivity contribution in [3.63, 3.8) is 0 Å². The number of aryl methyl sites for hydroxylation is 1. The molecule has 3 aromatic rings. The first kappa shape index (κ1) is 11.6. The lowest BCUT2D eigenvalue weighted by Gasteiger charge is -2.00. The molecule has 1 N–H and O–H groups in total. The number of rotatable bonds is 1. The Morgan fingerprint density at radius 3 is 2.75 bits per heavy atom. The maximum Gasteiger partial charge on any atom is 0.136 e. The van der Waals surface area contributed by atoms with Crippen LogP contribution in [0.2, 0.25) is 0 Å². The molecule has 0 radical (unpaired) electrons. The lowest BCUT2D eigenvalue weighted by molar-refractivity contribution is 0.929. The molecule has 0 fully saturated rings. The molecule has 3 nitrogen and oxygen atoms in total. The molecular formula is C16H13N3S. The average Bonchev–Trinajstić information content (AvgIpc) is 3.01. The maximum absolute atomic E-state index is 4.67. The lowest BCUT2D eigenvalue weighted by Crippen LogP contribution is -1.94. The summed E-state index contributed by atoms with van der Waals surface area (Å²) in [5, 5.41) is 4.54. The van der Waals surface area contributed by atoms with E-state index in [1.165, 1.54) is 10.6 Å². The molecule has 4 rings (SSSR count). The van der Waals surface area contributed by atoms with Crippen molar-refractivity contribution in [1.82, 2.24) is 9.55 Å². The van der Waals surface area contributed by atoms with Crippen LogP contribution in [-0.4, -0.2) is 9.55 Å². The molecule has 0 saturated carbocycles. The van der Waals surface area contributed by atoms with Gasteiger partial charge >= 0.3 is 0 Å². The van der Waals surface area contributed by atoms with Crippen molar-refractivity contribution in [2.24, 2.45) is 7.05 Å². The Balaban J connectivity index is 1.75. The largest absolute Gasteiger partial charge is 0.349 e. The second-order valence-corrected chi connectivity index (χ2v) is 5.83. The minimum atomic E-state index is 0.967. The van der Waals surface area contributed by atoms with E-state index in [0.29, 0.717) is 0 Å². The van der Waals surface area contributed by atoms with Crippen molar-refractivity contribution in [2.45, 2.75) is 4.90 Å². The van der Waals surface area contributed by atoms with Gasteiger partial charge < -0.3 is 9.88 Å². The van der Waals surface area contributed by atoms with Gasteiger partial charge in [-0.1, -0.05) is 36.0 Å². The zero-order valence-electron chi connectivity index (χ0n) is 11.0. The molecule has 1 aromatic heterocycles.